The minimum atomic E-state index is -4.62. The van der Waals surface area contributed by atoms with Crippen molar-refractivity contribution in [2.75, 3.05) is 0 Å². The Bertz CT molecular complexity index is 708. The van der Waals surface area contributed by atoms with Gasteiger partial charge in [0, 0.05) is 13.3 Å². The topological polar surface area (TPSA) is 30.2 Å². The van der Waals surface area contributed by atoms with Crippen LogP contribution in [0.25, 0.3) is 0 Å². The molecule has 2 rings (SSSR count). The third-order valence-electron chi connectivity index (χ3n) is 2.53. The van der Waals surface area contributed by atoms with Gasteiger partial charge in [0.25, 0.3) is 0 Å². The van der Waals surface area contributed by atoms with Crippen molar-refractivity contribution in [1.29, 1.82) is 0 Å². The molecule has 0 aliphatic heterocycles. The first-order valence-corrected chi connectivity index (χ1v) is 6.62. The maximum absolute atomic E-state index is 12.8. The number of nitrogens with zero attached hydrogens (tertiary/aromatic N) is 3. The monoisotopic (exact) mass is 355 g/mol. The average molecular weight is 357 g/mol. The van der Waals surface area contributed by atoms with Crippen molar-refractivity contribution >= 4 is 46.7 Å². The van der Waals surface area contributed by atoms with E-state index in [0.717, 1.165) is 10.9 Å². The van der Waals surface area contributed by atoms with Crippen LogP contribution in [0.2, 0.25) is 15.2 Å². The SMILES string of the molecule is Cn1nc(C(F)(F)F)c(C=Nc2ccc(Cl)c(Cl)c2)c1Cl. The lowest BCUT2D eigenvalue weighted by molar-refractivity contribution is -0.141. The number of hydrogen-bond acceptors (Lipinski definition) is 2. The van der Waals surface area contributed by atoms with Crippen LogP contribution in [0.4, 0.5) is 18.9 Å². The zero-order valence-electron chi connectivity index (χ0n) is 10.4. The first-order valence-electron chi connectivity index (χ1n) is 5.49. The number of halogens is 6. The van der Waals surface area contributed by atoms with Crippen LogP contribution < -0.4 is 0 Å². The zero-order valence-corrected chi connectivity index (χ0v) is 12.7. The van der Waals surface area contributed by atoms with E-state index in [1.54, 1.807) is 0 Å². The maximum Gasteiger partial charge on any atom is 0.435 e. The lowest BCUT2D eigenvalue weighted by Crippen LogP contribution is -2.09. The summed E-state index contributed by atoms with van der Waals surface area (Å²) in [6, 6.07) is 4.44. The van der Waals surface area contributed by atoms with Crippen LogP contribution in [0.3, 0.4) is 0 Å². The van der Waals surface area contributed by atoms with Gasteiger partial charge < -0.3 is 0 Å². The molecule has 0 fully saturated rings. The molecule has 0 spiro atoms. The van der Waals surface area contributed by atoms with Gasteiger partial charge in [0.05, 0.1) is 21.3 Å². The van der Waals surface area contributed by atoms with Gasteiger partial charge in [0.1, 0.15) is 5.15 Å². The summed E-state index contributed by atoms with van der Waals surface area (Å²) in [6.07, 6.45) is -3.62. The Morgan fingerprint density at radius 2 is 1.86 bits per heavy atom. The van der Waals surface area contributed by atoms with Gasteiger partial charge in [-0.25, -0.2) is 0 Å². The number of hydrogen-bond donors (Lipinski definition) is 0. The molecule has 9 heteroatoms. The molecule has 0 aliphatic rings. The highest BCUT2D eigenvalue weighted by Gasteiger charge is 2.38. The van der Waals surface area contributed by atoms with Crippen molar-refractivity contribution in [3.05, 3.63) is 44.7 Å². The fourth-order valence-corrected chi connectivity index (χ4v) is 2.02. The number of aryl methyl sites for hydroxylation is 1. The first-order chi connectivity index (χ1) is 9.70. The molecular formula is C12H7Cl3F3N3. The average Bonchev–Trinajstić information content (AvgIpc) is 2.67. The minimum absolute atomic E-state index is 0.161. The lowest BCUT2D eigenvalue weighted by Gasteiger charge is -2.03. The third kappa shape index (κ3) is 3.51. The van der Waals surface area contributed by atoms with E-state index in [9.17, 15) is 13.2 Å². The van der Waals surface area contributed by atoms with E-state index in [4.69, 9.17) is 34.8 Å². The van der Waals surface area contributed by atoms with Crippen molar-refractivity contribution in [1.82, 2.24) is 9.78 Å². The molecule has 0 saturated heterocycles. The molecule has 112 valence electrons. The van der Waals surface area contributed by atoms with Crippen LogP contribution in [-0.2, 0) is 13.2 Å². The molecule has 1 aromatic heterocycles. The molecule has 1 heterocycles. The molecule has 1 aromatic carbocycles. The Morgan fingerprint density at radius 3 is 2.43 bits per heavy atom. The zero-order chi connectivity index (χ0) is 15.8. The Kier molecular flexibility index (Phi) is 4.51. The van der Waals surface area contributed by atoms with E-state index in [2.05, 4.69) is 10.1 Å². The van der Waals surface area contributed by atoms with E-state index in [0.29, 0.717) is 10.7 Å². The van der Waals surface area contributed by atoms with E-state index in [-0.39, 0.29) is 15.7 Å². The van der Waals surface area contributed by atoms with Gasteiger partial charge in [-0.1, -0.05) is 34.8 Å². The van der Waals surface area contributed by atoms with Crippen LogP contribution in [-0.4, -0.2) is 16.0 Å². The number of benzene rings is 1. The summed E-state index contributed by atoms with van der Waals surface area (Å²) in [4.78, 5) is 3.92. The van der Waals surface area contributed by atoms with Crippen LogP contribution in [0.1, 0.15) is 11.3 Å². The standard InChI is InChI=1S/C12H7Cl3F3N3/c1-21-11(15)7(10(20-21)12(16,17)18)5-19-6-2-3-8(13)9(14)4-6/h2-5H,1H3. The van der Waals surface area contributed by atoms with Gasteiger partial charge in [-0.2, -0.15) is 18.3 Å². The molecule has 2 aromatic rings. The molecule has 0 aliphatic carbocycles. The number of aliphatic imine (C=N–C) groups is 1. The lowest BCUT2D eigenvalue weighted by atomic mass is 10.2. The quantitative estimate of drug-likeness (QED) is 0.684. The highest BCUT2D eigenvalue weighted by molar-refractivity contribution is 6.42. The Labute approximate surface area is 132 Å². The van der Waals surface area contributed by atoms with Crippen molar-refractivity contribution in [3.8, 4) is 0 Å². The van der Waals surface area contributed by atoms with E-state index < -0.39 is 11.9 Å². The van der Waals surface area contributed by atoms with Crippen molar-refractivity contribution in [2.45, 2.75) is 6.18 Å². The second-order valence-corrected chi connectivity index (χ2v) is 5.20. The summed E-state index contributed by atoms with van der Waals surface area (Å²) >= 11 is 17.4. The van der Waals surface area contributed by atoms with E-state index >= 15 is 0 Å². The normalized spacial score (nSPS) is 12.3. The number of alkyl halides is 3. The molecule has 0 atom stereocenters. The molecule has 0 bridgehead atoms. The van der Waals surface area contributed by atoms with Crippen LogP contribution in [0.15, 0.2) is 23.2 Å². The van der Waals surface area contributed by atoms with E-state index in [1.807, 2.05) is 0 Å². The summed E-state index contributed by atoms with van der Waals surface area (Å²) in [5, 5.41) is 3.76. The predicted molar refractivity (Wildman–Crippen MR) is 76.9 cm³/mol. The number of aromatic nitrogens is 2. The molecule has 21 heavy (non-hydrogen) atoms. The van der Waals surface area contributed by atoms with Gasteiger partial charge in [0.15, 0.2) is 5.69 Å². The molecule has 0 saturated carbocycles. The van der Waals surface area contributed by atoms with Crippen LogP contribution in [0, 0.1) is 0 Å². The molecule has 0 N–H and O–H groups in total. The maximum atomic E-state index is 12.8. The summed E-state index contributed by atoms with van der Waals surface area (Å²) in [5.74, 6) is 0. The van der Waals surface area contributed by atoms with Gasteiger partial charge in [-0.05, 0) is 18.2 Å². The molecule has 0 amide bonds. The highest BCUT2D eigenvalue weighted by Crippen LogP contribution is 2.33. The van der Waals surface area contributed by atoms with E-state index in [1.165, 1.54) is 25.2 Å². The Balaban J connectivity index is 2.43. The van der Waals surface area contributed by atoms with Crippen molar-refractivity contribution < 1.29 is 13.2 Å². The molecule has 0 radical (unpaired) electrons. The molecule has 3 nitrogen and oxygen atoms in total. The second-order valence-electron chi connectivity index (χ2n) is 4.03. The van der Waals surface area contributed by atoms with Gasteiger partial charge in [-0.15, -0.1) is 0 Å². The Morgan fingerprint density at radius 1 is 1.19 bits per heavy atom. The van der Waals surface area contributed by atoms with Crippen molar-refractivity contribution in [3.63, 3.8) is 0 Å². The summed E-state index contributed by atoms with van der Waals surface area (Å²) < 4.78 is 39.5. The summed E-state index contributed by atoms with van der Waals surface area (Å²) in [7, 11) is 1.31. The fraction of sp³-hybridized carbons (Fsp3) is 0.167. The molecule has 0 unspecified atom stereocenters. The molecular weight excluding hydrogens is 350 g/mol. The summed E-state index contributed by atoms with van der Waals surface area (Å²) in [6.45, 7) is 0. The second kappa shape index (κ2) is 5.87. The minimum Gasteiger partial charge on any atom is -0.256 e. The van der Waals surface area contributed by atoms with Gasteiger partial charge in [0.2, 0.25) is 0 Å². The van der Waals surface area contributed by atoms with Crippen LogP contribution >= 0.6 is 34.8 Å². The smallest absolute Gasteiger partial charge is 0.256 e. The van der Waals surface area contributed by atoms with Gasteiger partial charge >= 0.3 is 6.18 Å². The van der Waals surface area contributed by atoms with Gasteiger partial charge in [-0.3, -0.25) is 9.67 Å². The highest BCUT2D eigenvalue weighted by atomic mass is 35.5. The fourth-order valence-electron chi connectivity index (χ4n) is 1.55. The Hall–Kier alpha value is -1.24. The summed E-state index contributed by atoms with van der Waals surface area (Å²) in [5.41, 5.74) is -1.06. The first kappa shape index (κ1) is 16.1. The number of rotatable bonds is 2. The third-order valence-corrected chi connectivity index (χ3v) is 3.71. The predicted octanol–water partition coefficient (Wildman–Crippen LogP) is 5.15. The largest absolute Gasteiger partial charge is 0.435 e. The van der Waals surface area contributed by atoms with Crippen LogP contribution in [0.5, 0.6) is 0 Å². The van der Waals surface area contributed by atoms with Crippen molar-refractivity contribution in [2.24, 2.45) is 12.0 Å².